The summed E-state index contributed by atoms with van der Waals surface area (Å²) in [6, 6.07) is 5.66. The molecule has 5 nitrogen and oxygen atoms in total. The minimum Gasteiger partial charge on any atom is -0.492 e. The fourth-order valence-corrected chi connectivity index (χ4v) is 2.50. The zero-order valence-corrected chi connectivity index (χ0v) is 12.8. The van der Waals surface area contributed by atoms with Crippen LogP contribution in [0.4, 0.5) is 13.2 Å². The van der Waals surface area contributed by atoms with Crippen molar-refractivity contribution in [3.8, 4) is 17.0 Å². The van der Waals surface area contributed by atoms with E-state index in [1.165, 1.54) is 12.4 Å². The van der Waals surface area contributed by atoms with Gasteiger partial charge in [-0.3, -0.25) is 0 Å². The zero-order chi connectivity index (χ0) is 17.3. The van der Waals surface area contributed by atoms with E-state index in [0.717, 1.165) is 6.07 Å². The molecule has 0 bridgehead atoms. The van der Waals surface area contributed by atoms with Crippen LogP contribution >= 0.6 is 0 Å². The first-order valence-corrected chi connectivity index (χ1v) is 7.22. The van der Waals surface area contributed by atoms with Crippen molar-refractivity contribution in [3.63, 3.8) is 0 Å². The molecule has 8 heteroatoms. The number of rotatable bonds is 4. The summed E-state index contributed by atoms with van der Waals surface area (Å²) < 4.78 is 46.9. The topological polar surface area (TPSA) is 66.0 Å². The molecule has 0 fully saturated rings. The number of aromatic nitrogens is 3. The average Bonchev–Trinajstić information content (AvgIpc) is 2.93. The van der Waals surface area contributed by atoms with Gasteiger partial charge in [0.05, 0.1) is 11.3 Å². The SMILES string of the molecule is Cn1ccc2c(-c3ccc(OCCN)c(C(F)(F)F)c3)ncnc21. The van der Waals surface area contributed by atoms with Gasteiger partial charge in [0.1, 0.15) is 24.3 Å². The fourth-order valence-electron chi connectivity index (χ4n) is 2.50. The Bertz CT molecular complexity index is 873. The number of hydrogen-bond acceptors (Lipinski definition) is 4. The van der Waals surface area contributed by atoms with Crippen LogP contribution in [0.1, 0.15) is 5.56 Å². The lowest BCUT2D eigenvalue weighted by Crippen LogP contribution is -2.14. The van der Waals surface area contributed by atoms with Crippen LogP contribution in [0.15, 0.2) is 36.8 Å². The molecule has 0 spiro atoms. The Hall–Kier alpha value is -2.61. The fraction of sp³-hybridized carbons (Fsp3) is 0.250. The summed E-state index contributed by atoms with van der Waals surface area (Å²) in [4.78, 5) is 8.30. The second-order valence-corrected chi connectivity index (χ2v) is 5.23. The van der Waals surface area contributed by atoms with Gasteiger partial charge in [0.2, 0.25) is 0 Å². The number of halogens is 3. The molecule has 3 aromatic rings. The van der Waals surface area contributed by atoms with E-state index in [0.29, 0.717) is 22.3 Å². The molecule has 24 heavy (non-hydrogen) atoms. The van der Waals surface area contributed by atoms with E-state index in [2.05, 4.69) is 9.97 Å². The van der Waals surface area contributed by atoms with Gasteiger partial charge in [-0.25, -0.2) is 9.97 Å². The normalized spacial score (nSPS) is 11.9. The zero-order valence-electron chi connectivity index (χ0n) is 12.8. The van der Waals surface area contributed by atoms with Crippen LogP contribution < -0.4 is 10.5 Å². The number of ether oxygens (including phenoxy) is 1. The number of nitrogens with zero attached hydrogens (tertiary/aromatic N) is 3. The van der Waals surface area contributed by atoms with Crippen molar-refractivity contribution in [3.05, 3.63) is 42.4 Å². The van der Waals surface area contributed by atoms with Crippen LogP contribution in [0.2, 0.25) is 0 Å². The molecule has 0 unspecified atom stereocenters. The van der Waals surface area contributed by atoms with Gasteiger partial charge in [0, 0.05) is 30.7 Å². The molecule has 0 saturated heterocycles. The van der Waals surface area contributed by atoms with Gasteiger partial charge in [0.15, 0.2) is 0 Å². The highest BCUT2D eigenvalue weighted by Gasteiger charge is 2.35. The molecule has 0 aliphatic rings. The van der Waals surface area contributed by atoms with Crippen molar-refractivity contribution in [2.24, 2.45) is 12.8 Å². The van der Waals surface area contributed by atoms with E-state index in [9.17, 15) is 13.2 Å². The number of fused-ring (bicyclic) bond motifs is 1. The third-order valence-electron chi connectivity index (χ3n) is 3.60. The number of nitrogens with two attached hydrogens (primary N) is 1. The number of aryl methyl sites for hydroxylation is 1. The maximum absolute atomic E-state index is 13.3. The molecule has 2 N–H and O–H groups in total. The highest BCUT2D eigenvalue weighted by Crippen LogP contribution is 2.39. The predicted molar refractivity (Wildman–Crippen MR) is 83.5 cm³/mol. The predicted octanol–water partition coefficient (Wildman–Crippen LogP) is 2.99. The first-order valence-electron chi connectivity index (χ1n) is 7.22. The van der Waals surface area contributed by atoms with Gasteiger partial charge < -0.3 is 15.0 Å². The highest BCUT2D eigenvalue weighted by atomic mass is 19.4. The van der Waals surface area contributed by atoms with Crippen molar-refractivity contribution in [1.29, 1.82) is 0 Å². The summed E-state index contributed by atoms with van der Waals surface area (Å²) in [6.45, 7) is 0.147. The summed E-state index contributed by atoms with van der Waals surface area (Å²) in [5.41, 5.74) is 5.88. The first-order chi connectivity index (χ1) is 11.4. The number of benzene rings is 1. The van der Waals surface area contributed by atoms with E-state index in [4.69, 9.17) is 10.5 Å². The standard InChI is InChI=1S/C16H15F3N4O/c1-23-6-4-11-14(21-9-22-15(11)23)10-2-3-13(24-7-5-20)12(8-10)16(17,18)19/h2-4,6,8-9H,5,7,20H2,1H3. The van der Waals surface area contributed by atoms with Gasteiger partial charge in [0.25, 0.3) is 0 Å². The monoisotopic (exact) mass is 336 g/mol. The van der Waals surface area contributed by atoms with Gasteiger partial charge in [-0.15, -0.1) is 0 Å². The lowest BCUT2D eigenvalue weighted by Gasteiger charge is -2.15. The second kappa shape index (κ2) is 6.12. The Kier molecular flexibility index (Phi) is 4.15. The summed E-state index contributed by atoms with van der Waals surface area (Å²) in [6.07, 6.45) is -1.42. The van der Waals surface area contributed by atoms with Crippen molar-refractivity contribution in [2.75, 3.05) is 13.2 Å². The van der Waals surface area contributed by atoms with Crippen molar-refractivity contribution < 1.29 is 17.9 Å². The van der Waals surface area contributed by atoms with E-state index in [1.807, 2.05) is 7.05 Å². The van der Waals surface area contributed by atoms with Crippen LogP contribution in [0.3, 0.4) is 0 Å². The number of hydrogen-bond donors (Lipinski definition) is 1. The molecule has 1 aromatic carbocycles. The molecular formula is C16H15F3N4O. The van der Waals surface area contributed by atoms with E-state index in [-0.39, 0.29) is 18.9 Å². The molecule has 0 amide bonds. The maximum atomic E-state index is 13.3. The van der Waals surface area contributed by atoms with Gasteiger partial charge >= 0.3 is 6.18 Å². The minimum absolute atomic E-state index is 0.0128. The summed E-state index contributed by atoms with van der Waals surface area (Å²) >= 11 is 0. The van der Waals surface area contributed by atoms with Crippen LogP contribution in [0.25, 0.3) is 22.3 Å². The number of alkyl halides is 3. The molecular weight excluding hydrogens is 321 g/mol. The Morgan fingerprint density at radius 2 is 2.00 bits per heavy atom. The Morgan fingerprint density at radius 1 is 1.21 bits per heavy atom. The molecule has 0 saturated carbocycles. The molecule has 2 heterocycles. The Labute approximate surface area is 135 Å². The van der Waals surface area contributed by atoms with Crippen molar-refractivity contribution in [1.82, 2.24) is 14.5 Å². The van der Waals surface area contributed by atoms with Crippen LogP contribution in [0.5, 0.6) is 5.75 Å². The molecule has 0 aliphatic carbocycles. The van der Waals surface area contributed by atoms with Crippen LogP contribution in [-0.4, -0.2) is 27.7 Å². The van der Waals surface area contributed by atoms with Crippen molar-refractivity contribution in [2.45, 2.75) is 6.18 Å². The van der Waals surface area contributed by atoms with Gasteiger partial charge in [-0.05, 0) is 24.3 Å². The average molecular weight is 336 g/mol. The molecule has 126 valence electrons. The largest absolute Gasteiger partial charge is 0.492 e. The van der Waals surface area contributed by atoms with Gasteiger partial charge in [-0.1, -0.05) is 0 Å². The van der Waals surface area contributed by atoms with Crippen molar-refractivity contribution >= 4 is 11.0 Å². The van der Waals surface area contributed by atoms with E-state index in [1.54, 1.807) is 22.9 Å². The smallest absolute Gasteiger partial charge is 0.419 e. The summed E-state index contributed by atoms with van der Waals surface area (Å²) in [5.74, 6) is -0.241. The first kappa shape index (κ1) is 16.3. The molecule has 3 rings (SSSR count). The van der Waals surface area contributed by atoms with Crippen LogP contribution in [0, 0.1) is 0 Å². The molecule has 0 atom stereocenters. The third-order valence-corrected chi connectivity index (χ3v) is 3.60. The molecule has 0 radical (unpaired) electrons. The van der Waals surface area contributed by atoms with E-state index >= 15 is 0 Å². The highest BCUT2D eigenvalue weighted by molar-refractivity contribution is 5.91. The molecule has 2 aromatic heterocycles. The lowest BCUT2D eigenvalue weighted by molar-refractivity contribution is -0.138. The maximum Gasteiger partial charge on any atom is 0.419 e. The summed E-state index contributed by atoms with van der Waals surface area (Å²) in [7, 11) is 1.81. The van der Waals surface area contributed by atoms with E-state index < -0.39 is 11.7 Å². The minimum atomic E-state index is -4.54. The van der Waals surface area contributed by atoms with Crippen LogP contribution in [-0.2, 0) is 13.2 Å². The second-order valence-electron chi connectivity index (χ2n) is 5.23. The summed E-state index contributed by atoms with van der Waals surface area (Å²) in [5, 5.41) is 0.684. The third kappa shape index (κ3) is 2.92. The lowest BCUT2D eigenvalue weighted by atomic mass is 10.0. The quantitative estimate of drug-likeness (QED) is 0.795. The molecule has 0 aliphatic heterocycles. The van der Waals surface area contributed by atoms with Gasteiger partial charge in [-0.2, -0.15) is 13.2 Å². The Morgan fingerprint density at radius 3 is 2.71 bits per heavy atom. The Balaban J connectivity index is 2.14.